The number of allylic oxidation sites excluding steroid dienone is 1. The minimum absolute atomic E-state index is 0.0107. The van der Waals surface area contributed by atoms with Crippen LogP contribution in [-0.2, 0) is 19.1 Å². The SMILES string of the molecule is COC(=O)C1=C(C(=O)OC)N(c2ccc(N3CCN(C(=O)c4cc(OC)cc(OC)c4)CC3)cc2)C(N)=C(C#N)C1c1ccccc1. The Balaban J connectivity index is 1.43. The van der Waals surface area contributed by atoms with Gasteiger partial charge in [0.2, 0.25) is 0 Å². The van der Waals surface area contributed by atoms with Crippen LogP contribution in [0, 0.1) is 11.3 Å². The van der Waals surface area contributed by atoms with Crippen molar-refractivity contribution in [2.24, 2.45) is 5.73 Å². The molecule has 0 aromatic heterocycles. The fourth-order valence-corrected chi connectivity index (χ4v) is 5.88. The Morgan fingerprint density at radius 1 is 0.787 bits per heavy atom. The van der Waals surface area contributed by atoms with Crippen molar-refractivity contribution >= 4 is 29.2 Å². The van der Waals surface area contributed by atoms with Crippen LogP contribution >= 0.6 is 0 Å². The first-order valence-electron chi connectivity index (χ1n) is 14.8. The number of nitrogens with two attached hydrogens (primary N) is 1. The maximum absolute atomic E-state index is 13.3. The second kappa shape index (κ2) is 14.0. The minimum Gasteiger partial charge on any atom is -0.497 e. The molecule has 1 fully saturated rings. The van der Waals surface area contributed by atoms with E-state index in [9.17, 15) is 19.6 Å². The number of carbonyl (C=O) groups is 3. The number of anilines is 2. The van der Waals surface area contributed by atoms with E-state index in [2.05, 4.69) is 11.0 Å². The predicted octanol–water partition coefficient (Wildman–Crippen LogP) is 3.56. The molecule has 0 spiro atoms. The standard InChI is InChI=1S/C35H35N5O7/c1-44-26-18-23(19-27(20-26)45-2)33(41)39-16-14-38(15-17-39)24-10-12-25(13-11-24)40-31(35(43)47-4)30(34(42)46-3)29(28(21-36)32(40)37)22-8-6-5-7-9-22/h5-13,18-20,29H,14-17,37H2,1-4H3. The molecule has 47 heavy (non-hydrogen) atoms. The van der Waals surface area contributed by atoms with Gasteiger partial charge in [-0.2, -0.15) is 5.26 Å². The molecular weight excluding hydrogens is 602 g/mol. The van der Waals surface area contributed by atoms with Gasteiger partial charge in [0.05, 0.1) is 51.6 Å². The van der Waals surface area contributed by atoms with Gasteiger partial charge in [0.15, 0.2) is 0 Å². The highest BCUT2D eigenvalue weighted by Crippen LogP contribution is 2.43. The van der Waals surface area contributed by atoms with Crippen LogP contribution in [0.25, 0.3) is 0 Å². The van der Waals surface area contributed by atoms with Gasteiger partial charge in [-0.15, -0.1) is 0 Å². The average Bonchev–Trinajstić information content (AvgIpc) is 3.13. The molecule has 2 aliphatic heterocycles. The van der Waals surface area contributed by atoms with E-state index in [1.807, 2.05) is 12.1 Å². The van der Waals surface area contributed by atoms with Gasteiger partial charge in [0.1, 0.15) is 23.0 Å². The first-order valence-corrected chi connectivity index (χ1v) is 14.8. The van der Waals surface area contributed by atoms with Gasteiger partial charge in [-0.1, -0.05) is 30.3 Å². The van der Waals surface area contributed by atoms with Gasteiger partial charge in [-0.25, -0.2) is 9.59 Å². The molecule has 1 atom stereocenters. The second-order valence-corrected chi connectivity index (χ2v) is 10.7. The summed E-state index contributed by atoms with van der Waals surface area (Å²) in [6.07, 6.45) is 0. The number of nitrogens with zero attached hydrogens (tertiary/aromatic N) is 4. The third-order valence-corrected chi connectivity index (χ3v) is 8.25. The molecule has 2 heterocycles. The highest BCUT2D eigenvalue weighted by Gasteiger charge is 2.43. The van der Waals surface area contributed by atoms with Crippen molar-refractivity contribution < 1.29 is 33.3 Å². The largest absolute Gasteiger partial charge is 0.497 e. The lowest BCUT2D eigenvalue weighted by Crippen LogP contribution is -2.48. The number of hydrogen-bond donors (Lipinski definition) is 1. The van der Waals surface area contributed by atoms with Gasteiger partial charge in [-0.3, -0.25) is 9.69 Å². The van der Waals surface area contributed by atoms with E-state index in [0.29, 0.717) is 54.5 Å². The molecule has 12 nitrogen and oxygen atoms in total. The molecule has 2 N–H and O–H groups in total. The smallest absolute Gasteiger partial charge is 0.355 e. The van der Waals surface area contributed by atoms with Gasteiger partial charge >= 0.3 is 11.9 Å². The molecule has 1 saturated heterocycles. The maximum Gasteiger partial charge on any atom is 0.355 e. The number of carbonyl (C=O) groups excluding carboxylic acids is 3. The fraction of sp³-hybridized carbons (Fsp3) is 0.257. The van der Waals surface area contributed by atoms with E-state index in [0.717, 1.165) is 5.69 Å². The molecular formula is C35H35N5O7. The van der Waals surface area contributed by atoms with Crippen molar-refractivity contribution in [2.45, 2.75) is 5.92 Å². The van der Waals surface area contributed by atoms with Crippen molar-refractivity contribution in [3.8, 4) is 17.6 Å². The van der Waals surface area contributed by atoms with Crippen LogP contribution in [0.2, 0.25) is 0 Å². The van der Waals surface area contributed by atoms with Crippen LogP contribution in [0.5, 0.6) is 11.5 Å². The van der Waals surface area contributed by atoms with Crippen molar-refractivity contribution in [3.63, 3.8) is 0 Å². The lowest BCUT2D eigenvalue weighted by Gasteiger charge is -2.37. The van der Waals surface area contributed by atoms with Crippen LogP contribution in [-0.4, -0.2) is 77.4 Å². The summed E-state index contributed by atoms with van der Waals surface area (Å²) in [6.45, 7) is 2.14. The average molecular weight is 638 g/mol. The molecule has 1 unspecified atom stereocenters. The lowest BCUT2D eigenvalue weighted by molar-refractivity contribution is -0.139. The van der Waals surface area contributed by atoms with Crippen LogP contribution in [0.1, 0.15) is 21.8 Å². The lowest BCUT2D eigenvalue weighted by atomic mass is 9.81. The van der Waals surface area contributed by atoms with Crippen LogP contribution < -0.4 is 25.0 Å². The zero-order valence-corrected chi connectivity index (χ0v) is 26.6. The first kappa shape index (κ1) is 32.4. The van der Waals surface area contributed by atoms with Gasteiger partial charge in [0.25, 0.3) is 5.91 Å². The zero-order chi connectivity index (χ0) is 33.7. The minimum atomic E-state index is -0.949. The topological polar surface area (TPSA) is 148 Å². The van der Waals surface area contributed by atoms with Crippen LogP contribution in [0.3, 0.4) is 0 Å². The molecule has 12 heteroatoms. The van der Waals surface area contributed by atoms with Crippen LogP contribution in [0.4, 0.5) is 11.4 Å². The summed E-state index contributed by atoms with van der Waals surface area (Å²) >= 11 is 0. The van der Waals surface area contributed by atoms with E-state index in [4.69, 9.17) is 24.7 Å². The highest BCUT2D eigenvalue weighted by atomic mass is 16.5. The number of esters is 2. The first-order chi connectivity index (χ1) is 22.8. The van der Waals surface area contributed by atoms with E-state index in [-0.39, 0.29) is 28.6 Å². The summed E-state index contributed by atoms with van der Waals surface area (Å²) in [5.41, 5.74) is 8.89. The Labute approximate surface area is 272 Å². The van der Waals surface area contributed by atoms with E-state index in [1.165, 1.54) is 33.3 Å². The van der Waals surface area contributed by atoms with Gasteiger partial charge in [-0.05, 0) is 42.0 Å². The van der Waals surface area contributed by atoms with Crippen molar-refractivity contribution in [2.75, 3.05) is 64.4 Å². The molecule has 3 aromatic carbocycles. The number of piperazine rings is 1. The normalized spacial score (nSPS) is 16.4. The number of nitriles is 1. The number of rotatable bonds is 8. The van der Waals surface area contributed by atoms with Gasteiger partial charge < -0.3 is 34.5 Å². The molecule has 0 bridgehead atoms. The Morgan fingerprint density at radius 2 is 1.36 bits per heavy atom. The zero-order valence-electron chi connectivity index (χ0n) is 26.6. The summed E-state index contributed by atoms with van der Waals surface area (Å²) < 4.78 is 20.8. The molecule has 0 aliphatic carbocycles. The van der Waals surface area contributed by atoms with Crippen molar-refractivity contribution in [3.05, 3.63) is 107 Å². The molecule has 5 rings (SSSR count). The molecule has 242 valence electrons. The Kier molecular flexibility index (Phi) is 9.66. The number of ether oxygens (including phenoxy) is 4. The molecule has 3 aromatic rings. The second-order valence-electron chi connectivity index (χ2n) is 10.7. The Bertz CT molecular complexity index is 1750. The summed E-state index contributed by atoms with van der Waals surface area (Å²) in [7, 11) is 5.49. The molecule has 2 aliphatic rings. The third kappa shape index (κ3) is 6.28. The molecule has 0 saturated carbocycles. The fourth-order valence-electron chi connectivity index (χ4n) is 5.88. The monoisotopic (exact) mass is 637 g/mol. The summed E-state index contributed by atoms with van der Waals surface area (Å²) in [4.78, 5) is 45.2. The predicted molar refractivity (Wildman–Crippen MR) is 174 cm³/mol. The van der Waals surface area contributed by atoms with E-state index in [1.54, 1.807) is 65.6 Å². The number of benzene rings is 3. The molecule has 0 radical (unpaired) electrons. The van der Waals surface area contributed by atoms with Crippen molar-refractivity contribution in [1.82, 2.24) is 4.90 Å². The Morgan fingerprint density at radius 3 is 1.89 bits per heavy atom. The summed E-state index contributed by atoms with van der Waals surface area (Å²) in [5.74, 6) is -1.60. The summed E-state index contributed by atoms with van der Waals surface area (Å²) in [6, 6.07) is 23.3. The Hall–Kier alpha value is -5.96. The van der Waals surface area contributed by atoms with Crippen LogP contribution in [0.15, 0.2) is 95.5 Å². The van der Waals surface area contributed by atoms with E-state index < -0.39 is 17.9 Å². The van der Waals surface area contributed by atoms with Crippen molar-refractivity contribution in [1.29, 1.82) is 5.26 Å². The van der Waals surface area contributed by atoms with E-state index >= 15 is 0 Å². The number of methoxy groups -OCH3 is 4. The van der Waals surface area contributed by atoms with Gasteiger partial charge in [0, 0.05) is 49.2 Å². The number of hydrogen-bond acceptors (Lipinski definition) is 11. The quantitative estimate of drug-likeness (QED) is 0.362. The number of amides is 1. The third-order valence-electron chi connectivity index (χ3n) is 8.25. The maximum atomic E-state index is 13.3. The highest BCUT2D eigenvalue weighted by molar-refractivity contribution is 6.06. The summed E-state index contributed by atoms with van der Waals surface area (Å²) in [5, 5.41) is 10.3. The molecule has 1 amide bonds.